The molecule has 1 atom stereocenters. The van der Waals surface area contributed by atoms with Crippen molar-refractivity contribution < 1.29 is 37.9 Å². The van der Waals surface area contributed by atoms with Gasteiger partial charge in [0.1, 0.15) is 6.61 Å². The van der Waals surface area contributed by atoms with E-state index in [9.17, 15) is 14.2 Å². The van der Waals surface area contributed by atoms with Crippen LogP contribution in [0.3, 0.4) is 0 Å². The number of rotatable bonds is 38. The highest BCUT2D eigenvalue weighted by atomic mass is 31.2. The predicted octanol–water partition coefficient (Wildman–Crippen LogP) is 13.4. The minimum atomic E-state index is -4.78. The minimum absolute atomic E-state index is 0.0806. The third-order valence-corrected chi connectivity index (χ3v) is 9.09. The quantitative estimate of drug-likeness (QED) is 0.0274. The molecule has 0 radical (unpaired) electrons. The maximum atomic E-state index is 12.4. The number of ether oxygens (including phenoxy) is 2. The number of hydrogen-bond acceptors (Lipinski definition) is 6. The fourth-order valence-corrected chi connectivity index (χ4v) is 5.79. The molecule has 0 aromatic heterocycles. The molecule has 2 N–H and O–H groups in total. The molecule has 0 heterocycles. The van der Waals surface area contributed by atoms with E-state index in [1.807, 2.05) is 12.2 Å². The lowest BCUT2D eigenvalue weighted by molar-refractivity contribution is -0.161. The van der Waals surface area contributed by atoms with E-state index in [0.29, 0.717) is 12.8 Å². The molecule has 0 spiro atoms. The molecule has 0 saturated heterocycles. The predicted molar refractivity (Wildman–Crippen MR) is 234 cm³/mol. The molecule has 9 heteroatoms. The van der Waals surface area contributed by atoms with Crippen molar-refractivity contribution in [3.63, 3.8) is 0 Å². The van der Waals surface area contributed by atoms with Crippen LogP contribution in [0.1, 0.15) is 168 Å². The van der Waals surface area contributed by atoms with Gasteiger partial charge in [0, 0.05) is 12.8 Å². The van der Waals surface area contributed by atoms with Crippen LogP contribution in [0.15, 0.2) is 97.2 Å². The fraction of sp³-hybridized carbons (Fsp3) is 0.617. The molecule has 0 aromatic carbocycles. The van der Waals surface area contributed by atoms with E-state index in [4.69, 9.17) is 19.3 Å². The largest absolute Gasteiger partial charge is 0.469 e. The SMILES string of the molecule is CC/C=C/C/C=C/C/C=C/C/C=C/C/C=C/C/C=C/CCC(=O)O[C@H](COC(=O)CCCCCCCCCCC/C=C/C/C=C/CCCCC)COP(=O)(O)O. The Morgan fingerprint density at radius 2 is 0.893 bits per heavy atom. The number of phosphoric ester groups is 1. The van der Waals surface area contributed by atoms with Crippen molar-refractivity contribution in [1.82, 2.24) is 0 Å². The molecule has 56 heavy (non-hydrogen) atoms. The van der Waals surface area contributed by atoms with Crippen molar-refractivity contribution >= 4 is 19.8 Å². The van der Waals surface area contributed by atoms with E-state index >= 15 is 0 Å². The molecule has 0 amide bonds. The number of esters is 2. The van der Waals surface area contributed by atoms with Crippen molar-refractivity contribution in [2.75, 3.05) is 13.2 Å². The third kappa shape index (κ3) is 43.7. The van der Waals surface area contributed by atoms with Gasteiger partial charge in [-0.3, -0.25) is 14.1 Å². The normalized spacial score (nSPS) is 13.4. The Morgan fingerprint density at radius 1 is 0.482 bits per heavy atom. The number of carbonyl (C=O) groups is 2. The Morgan fingerprint density at radius 3 is 1.36 bits per heavy atom. The van der Waals surface area contributed by atoms with Gasteiger partial charge in [-0.1, -0.05) is 169 Å². The molecular formula is C47H77O8P. The van der Waals surface area contributed by atoms with Crippen LogP contribution in [-0.4, -0.2) is 41.0 Å². The molecule has 0 bridgehead atoms. The molecule has 0 rings (SSSR count). The van der Waals surface area contributed by atoms with E-state index in [-0.39, 0.29) is 19.4 Å². The molecule has 0 aliphatic rings. The van der Waals surface area contributed by atoms with Crippen molar-refractivity contribution in [1.29, 1.82) is 0 Å². The van der Waals surface area contributed by atoms with Gasteiger partial charge in [0.05, 0.1) is 6.61 Å². The van der Waals surface area contributed by atoms with Gasteiger partial charge in [-0.15, -0.1) is 0 Å². The average Bonchev–Trinajstić information content (AvgIpc) is 3.17. The molecule has 318 valence electrons. The Balaban J connectivity index is 4.05. The van der Waals surface area contributed by atoms with Crippen LogP contribution >= 0.6 is 7.82 Å². The van der Waals surface area contributed by atoms with Crippen LogP contribution in [0.2, 0.25) is 0 Å². The molecule has 0 unspecified atom stereocenters. The zero-order chi connectivity index (χ0) is 41.1. The van der Waals surface area contributed by atoms with E-state index in [2.05, 4.69) is 103 Å². The summed E-state index contributed by atoms with van der Waals surface area (Å²) in [7, 11) is -4.78. The second kappa shape index (κ2) is 41.6. The van der Waals surface area contributed by atoms with Crippen LogP contribution in [0.4, 0.5) is 0 Å². The monoisotopic (exact) mass is 801 g/mol. The molecular weight excluding hydrogens is 723 g/mol. The highest BCUT2D eigenvalue weighted by Crippen LogP contribution is 2.36. The van der Waals surface area contributed by atoms with E-state index in [1.54, 1.807) is 0 Å². The van der Waals surface area contributed by atoms with Gasteiger partial charge in [0.15, 0.2) is 6.10 Å². The van der Waals surface area contributed by atoms with Gasteiger partial charge < -0.3 is 19.3 Å². The lowest BCUT2D eigenvalue weighted by Gasteiger charge is -2.18. The maximum Gasteiger partial charge on any atom is 0.469 e. The van der Waals surface area contributed by atoms with Crippen LogP contribution in [-0.2, 0) is 28.2 Å². The van der Waals surface area contributed by atoms with Gasteiger partial charge in [0.2, 0.25) is 0 Å². The van der Waals surface area contributed by atoms with E-state index in [0.717, 1.165) is 70.6 Å². The topological polar surface area (TPSA) is 119 Å². The van der Waals surface area contributed by atoms with Crippen molar-refractivity contribution in [2.24, 2.45) is 0 Å². The summed E-state index contributed by atoms with van der Waals surface area (Å²) in [6, 6.07) is 0. The van der Waals surface area contributed by atoms with Crippen molar-refractivity contribution in [3.8, 4) is 0 Å². The first-order valence-corrected chi connectivity index (χ1v) is 23.1. The summed E-state index contributed by atoms with van der Waals surface area (Å²) in [6.07, 6.45) is 57.1. The van der Waals surface area contributed by atoms with Crippen LogP contribution in [0.5, 0.6) is 0 Å². The molecule has 0 aliphatic carbocycles. The second-order valence-electron chi connectivity index (χ2n) is 13.9. The summed E-state index contributed by atoms with van der Waals surface area (Å²) < 4.78 is 26.3. The zero-order valence-corrected chi connectivity index (χ0v) is 35.9. The number of unbranched alkanes of at least 4 members (excludes halogenated alkanes) is 12. The van der Waals surface area contributed by atoms with Crippen molar-refractivity contribution in [3.05, 3.63) is 97.2 Å². The first kappa shape index (κ1) is 53.0. The molecule has 0 saturated carbocycles. The van der Waals surface area contributed by atoms with Crippen LogP contribution in [0.25, 0.3) is 0 Å². The van der Waals surface area contributed by atoms with Gasteiger partial charge in [0.25, 0.3) is 0 Å². The molecule has 8 nitrogen and oxygen atoms in total. The summed E-state index contributed by atoms with van der Waals surface area (Å²) >= 11 is 0. The van der Waals surface area contributed by atoms with Gasteiger partial charge in [-0.2, -0.15) is 0 Å². The average molecular weight is 801 g/mol. The van der Waals surface area contributed by atoms with Gasteiger partial charge in [-0.25, -0.2) is 4.57 Å². The lowest BCUT2D eigenvalue weighted by Crippen LogP contribution is -2.29. The number of carbonyl (C=O) groups excluding carboxylic acids is 2. The molecule has 0 aliphatic heterocycles. The minimum Gasteiger partial charge on any atom is -0.462 e. The first-order valence-electron chi connectivity index (χ1n) is 21.5. The fourth-order valence-electron chi connectivity index (χ4n) is 5.43. The van der Waals surface area contributed by atoms with Crippen LogP contribution in [0, 0.1) is 0 Å². The summed E-state index contributed by atoms with van der Waals surface area (Å²) in [6.45, 7) is 3.47. The first-order chi connectivity index (χ1) is 27.3. The standard InChI is InChI=1S/C47H77O8P/c1-3-5-7-9-11-13-15-17-19-21-23-25-27-29-31-33-35-37-39-41-46(48)53-43-45(44-54-56(50,51)52)55-47(49)42-40-38-36-34-32-30-28-26-24-22-20-18-16-14-12-10-8-6-4-2/h6,8,11-14,17-20,24,26,30,32,36,38,45H,3-5,7,9-10,15-16,21-23,25,27-29,31,33-35,37,39-44H2,1-2H3,(H2,50,51,52)/b8-6+,13-11+,14-12+,19-17+,20-18+,26-24+,32-30+,38-36+/t45-/m1/s1. The highest BCUT2D eigenvalue weighted by molar-refractivity contribution is 7.46. The van der Waals surface area contributed by atoms with Gasteiger partial charge >= 0.3 is 19.8 Å². The van der Waals surface area contributed by atoms with Gasteiger partial charge in [-0.05, 0) is 83.5 Å². The summed E-state index contributed by atoms with van der Waals surface area (Å²) in [5.41, 5.74) is 0. The number of allylic oxidation sites excluding steroid dienone is 16. The Labute approximate surface area is 341 Å². The third-order valence-electron chi connectivity index (χ3n) is 8.60. The van der Waals surface area contributed by atoms with E-state index < -0.39 is 32.5 Å². The lowest BCUT2D eigenvalue weighted by atomic mass is 10.1. The summed E-state index contributed by atoms with van der Waals surface area (Å²) in [5.74, 6) is -0.995. The highest BCUT2D eigenvalue weighted by Gasteiger charge is 2.22. The smallest absolute Gasteiger partial charge is 0.462 e. The van der Waals surface area contributed by atoms with Crippen LogP contribution < -0.4 is 0 Å². The second-order valence-corrected chi connectivity index (χ2v) is 15.2. The van der Waals surface area contributed by atoms with E-state index in [1.165, 1.54) is 57.8 Å². The Hall–Kier alpha value is -3.03. The Bertz CT molecular complexity index is 1220. The number of phosphoric acid groups is 1. The summed E-state index contributed by atoms with van der Waals surface area (Å²) in [5, 5.41) is 0. The molecule has 0 aromatic rings. The summed E-state index contributed by atoms with van der Waals surface area (Å²) in [4.78, 5) is 42.9. The Kier molecular flexibility index (Phi) is 39.3. The molecule has 0 fully saturated rings. The maximum absolute atomic E-state index is 12.4. The number of hydrogen-bond donors (Lipinski definition) is 2. The zero-order valence-electron chi connectivity index (χ0n) is 35.0. The van der Waals surface area contributed by atoms with Crippen molar-refractivity contribution in [2.45, 2.75) is 174 Å².